The van der Waals surface area contributed by atoms with Crippen LogP contribution in [-0.2, 0) is 16.1 Å². The lowest BCUT2D eigenvalue weighted by Crippen LogP contribution is -2.46. The van der Waals surface area contributed by atoms with Gasteiger partial charge in [0.2, 0.25) is 5.91 Å². The highest BCUT2D eigenvalue weighted by Gasteiger charge is 2.44. The van der Waals surface area contributed by atoms with E-state index >= 15 is 0 Å². The number of hydrogen-bond acceptors (Lipinski definition) is 3. The van der Waals surface area contributed by atoms with Gasteiger partial charge in [-0.05, 0) is 42.0 Å². The second-order valence-corrected chi connectivity index (χ2v) is 7.17. The lowest BCUT2D eigenvalue weighted by Gasteiger charge is -2.28. The summed E-state index contributed by atoms with van der Waals surface area (Å²) in [7, 11) is 0. The Morgan fingerprint density at radius 2 is 1.55 bits per heavy atom. The molecule has 1 aliphatic heterocycles. The molecule has 6 nitrogen and oxygen atoms in total. The molecule has 1 heterocycles. The van der Waals surface area contributed by atoms with Gasteiger partial charge in [0.15, 0.2) is 0 Å². The average molecular weight is 417 g/mol. The maximum atomic E-state index is 13.3. The van der Waals surface area contributed by atoms with Crippen LogP contribution >= 0.6 is 0 Å². The zero-order chi connectivity index (χ0) is 21.8. The summed E-state index contributed by atoms with van der Waals surface area (Å²) in [6.07, 6.45) is -0.128. The largest absolute Gasteiger partial charge is 0.322 e. The SMILES string of the molecule is O=C1CC(N(Cc2ccc(F)cc2)C(=O)Nc2ccccc2)C(=O)N1c1ccccc1. The number of nitrogens with one attached hydrogen (secondary N) is 1. The van der Waals surface area contributed by atoms with Gasteiger partial charge in [-0.1, -0.05) is 48.5 Å². The number of anilines is 2. The van der Waals surface area contributed by atoms with E-state index in [0.29, 0.717) is 16.9 Å². The molecule has 7 heteroatoms. The molecule has 0 aliphatic carbocycles. The Bertz CT molecular complexity index is 1090. The first-order chi connectivity index (χ1) is 15.0. The predicted molar refractivity (Wildman–Crippen MR) is 115 cm³/mol. The van der Waals surface area contributed by atoms with Crippen molar-refractivity contribution in [2.24, 2.45) is 0 Å². The molecule has 3 aromatic carbocycles. The summed E-state index contributed by atoms with van der Waals surface area (Å²) in [5, 5.41) is 2.77. The number of nitrogens with zero attached hydrogens (tertiary/aromatic N) is 2. The zero-order valence-electron chi connectivity index (χ0n) is 16.6. The molecule has 156 valence electrons. The van der Waals surface area contributed by atoms with E-state index in [4.69, 9.17) is 0 Å². The number of benzene rings is 3. The quantitative estimate of drug-likeness (QED) is 0.633. The van der Waals surface area contributed by atoms with Gasteiger partial charge in [-0.25, -0.2) is 14.1 Å². The van der Waals surface area contributed by atoms with E-state index in [1.165, 1.54) is 17.0 Å². The molecule has 0 spiro atoms. The van der Waals surface area contributed by atoms with Crippen molar-refractivity contribution in [1.29, 1.82) is 0 Å². The summed E-state index contributed by atoms with van der Waals surface area (Å²) in [5.41, 5.74) is 1.67. The molecule has 4 rings (SSSR count). The van der Waals surface area contributed by atoms with Gasteiger partial charge < -0.3 is 10.2 Å². The molecular formula is C24H20FN3O3. The average Bonchev–Trinajstić information content (AvgIpc) is 3.08. The maximum Gasteiger partial charge on any atom is 0.322 e. The molecule has 1 fully saturated rings. The molecule has 0 saturated carbocycles. The van der Waals surface area contributed by atoms with Gasteiger partial charge in [0.25, 0.3) is 5.91 Å². The minimum absolute atomic E-state index is 0.0469. The molecular weight excluding hydrogens is 397 g/mol. The van der Waals surface area contributed by atoms with Crippen LogP contribution in [0.5, 0.6) is 0 Å². The van der Waals surface area contributed by atoms with E-state index in [9.17, 15) is 18.8 Å². The highest BCUT2D eigenvalue weighted by Crippen LogP contribution is 2.27. The highest BCUT2D eigenvalue weighted by molar-refractivity contribution is 6.23. The van der Waals surface area contributed by atoms with Gasteiger partial charge in [-0.2, -0.15) is 0 Å². The van der Waals surface area contributed by atoms with Crippen LogP contribution in [0.4, 0.5) is 20.6 Å². The van der Waals surface area contributed by atoms with Crippen molar-refractivity contribution in [2.75, 3.05) is 10.2 Å². The summed E-state index contributed by atoms with van der Waals surface area (Å²) >= 11 is 0. The number of imide groups is 1. The van der Waals surface area contributed by atoms with Crippen LogP contribution in [-0.4, -0.2) is 28.8 Å². The van der Waals surface area contributed by atoms with E-state index in [1.807, 2.05) is 6.07 Å². The zero-order valence-corrected chi connectivity index (χ0v) is 16.6. The number of halogens is 1. The fourth-order valence-corrected chi connectivity index (χ4v) is 3.53. The summed E-state index contributed by atoms with van der Waals surface area (Å²) in [6, 6.07) is 21.6. The first kappa shape index (κ1) is 20.3. The Labute approximate surface area is 178 Å². The molecule has 1 saturated heterocycles. The van der Waals surface area contributed by atoms with Crippen molar-refractivity contribution in [3.05, 3.63) is 96.3 Å². The number of hydrogen-bond donors (Lipinski definition) is 1. The Hall–Kier alpha value is -4.00. The van der Waals surface area contributed by atoms with Gasteiger partial charge >= 0.3 is 6.03 Å². The molecule has 31 heavy (non-hydrogen) atoms. The summed E-state index contributed by atoms with van der Waals surface area (Å²) in [6.45, 7) is 0.0469. The van der Waals surface area contributed by atoms with Gasteiger partial charge in [0.05, 0.1) is 12.1 Å². The number of amides is 4. The van der Waals surface area contributed by atoms with Crippen molar-refractivity contribution in [1.82, 2.24) is 4.90 Å². The second kappa shape index (κ2) is 8.79. The van der Waals surface area contributed by atoms with E-state index in [0.717, 1.165) is 4.90 Å². The highest BCUT2D eigenvalue weighted by atomic mass is 19.1. The van der Waals surface area contributed by atoms with Crippen molar-refractivity contribution in [2.45, 2.75) is 19.0 Å². The molecule has 0 bridgehead atoms. The monoisotopic (exact) mass is 417 g/mol. The third-order valence-corrected chi connectivity index (χ3v) is 5.07. The minimum atomic E-state index is -0.971. The van der Waals surface area contributed by atoms with Crippen molar-refractivity contribution in [3.63, 3.8) is 0 Å². The van der Waals surface area contributed by atoms with Crippen LogP contribution in [0.25, 0.3) is 0 Å². The molecule has 4 amide bonds. The van der Waals surface area contributed by atoms with Crippen LogP contribution in [0, 0.1) is 5.82 Å². The Kier molecular flexibility index (Phi) is 5.75. The first-order valence-corrected chi connectivity index (χ1v) is 9.82. The number of carbonyl (C=O) groups is 3. The number of urea groups is 1. The lowest BCUT2D eigenvalue weighted by atomic mass is 10.1. The molecule has 1 N–H and O–H groups in total. The normalized spacial score (nSPS) is 15.8. The summed E-state index contributed by atoms with van der Waals surface area (Å²) in [5.74, 6) is -1.24. The number of rotatable bonds is 5. The lowest BCUT2D eigenvalue weighted by molar-refractivity contribution is -0.122. The topological polar surface area (TPSA) is 69.7 Å². The van der Waals surface area contributed by atoms with Crippen molar-refractivity contribution < 1.29 is 18.8 Å². The first-order valence-electron chi connectivity index (χ1n) is 9.82. The number of para-hydroxylation sites is 2. The molecule has 1 unspecified atom stereocenters. The summed E-state index contributed by atoms with van der Waals surface area (Å²) in [4.78, 5) is 41.4. The van der Waals surface area contributed by atoms with Crippen molar-refractivity contribution >= 4 is 29.2 Å². The standard InChI is InChI=1S/C24H20FN3O3/c25-18-13-11-17(12-14-18)16-27(24(31)26-19-7-3-1-4-8-19)21-15-22(29)28(23(21)30)20-9-5-2-6-10-20/h1-14,21H,15-16H2,(H,26,31). The van der Waals surface area contributed by atoms with Gasteiger partial charge in [0, 0.05) is 12.2 Å². The molecule has 0 aromatic heterocycles. The van der Waals surface area contributed by atoms with Crippen LogP contribution in [0.2, 0.25) is 0 Å². The van der Waals surface area contributed by atoms with Crippen LogP contribution < -0.4 is 10.2 Å². The van der Waals surface area contributed by atoms with Crippen LogP contribution in [0.3, 0.4) is 0 Å². The minimum Gasteiger partial charge on any atom is -0.308 e. The van der Waals surface area contributed by atoms with E-state index in [-0.39, 0.29) is 18.9 Å². The van der Waals surface area contributed by atoms with E-state index < -0.39 is 23.8 Å². The van der Waals surface area contributed by atoms with Crippen molar-refractivity contribution in [3.8, 4) is 0 Å². The predicted octanol–water partition coefficient (Wildman–Crippen LogP) is 4.19. The summed E-state index contributed by atoms with van der Waals surface area (Å²) < 4.78 is 13.3. The fourth-order valence-electron chi connectivity index (χ4n) is 3.53. The maximum absolute atomic E-state index is 13.3. The molecule has 1 aliphatic rings. The van der Waals surface area contributed by atoms with Crippen LogP contribution in [0.1, 0.15) is 12.0 Å². The number of carbonyl (C=O) groups excluding carboxylic acids is 3. The fraction of sp³-hybridized carbons (Fsp3) is 0.125. The van der Waals surface area contributed by atoms with E-state index in [2.05, 4.69) is 5.32 Å². The Morgan fingerprint density at radius 1 is 0.935 bits per heavy atom. The van der Waals surface area contributed by atoms with Crippen LogP contribution in [0.15, 0.2) is 84.9 Å². The second-order valence-electron chi connectivity index (χ2n) is 7.17. The van der Waals surface area contributed by atoms with E-state index in [1.54, 1.807) is 66.7 Å². The molecule has 1 atom stereocenters. The van der Waals surface area contributed by atoms with Gasteiger partial charge in [0.1, 0.15) is 11.9 Å². The third kappa shape index (κ3) is 4.45. The van der Waals surface area contributed by atoms with Gasteiger partial charge in [-0.15, -0.1) is 0 Å². The smallest absolute Gasteiger partial charge is 0.308 e. The molecule has 0 radical (unpaired) electrons. The Morgan fingerprint density at radius 3 is 2.19 bits per heavy atom. The molecule has 3 aromatic rings. The van der Waals surface area contributed by atoms with Gasteiger partial charge in [-0.3, -0.25) is 9.59 Å². The third-order valence-electron chi connectivity index (χ3n) is 5.07. The Balaban J connectivity index is 1.63.